The predicted octanol–water partition coefficient (Wildman–Crippen LogP) is 3.33. The normalized spacial score (nSPS) is 27.1. The van der Waals surface area contributed by atoms with Crippen LogP contribution in [-0.4, -0.2) is 27.3 Å². The zero-order chi connectivity index (χ0) is 20.3. The van der Waals surface area contributed by atoms with Gasteiger partial charge in [0.05, 0.1) is 24.4 Å². The molecule has 28 heavy (non-hydrogen) atoms. The van der Waals surface area contributed by atoms with Crippen molar-refractivity contribution in [2.75, 3.05) is 0 Å². The van der Waals surface area contributed by atoms with Crippen molar-refractivity contribution < 1.29 is 29.6 Å². The van der Waals surface area contributed by atoms with E-state index in [1.165, 1.54) is 0 Å². The third kappa shape index (κ3) is 2.24. The molecule has 6 heteroatoms. The Morgan fingerprint density at radius 3 is 2.36 bits per heavy atom. The minimum absolute atomic E-state index is 0.220. The highest BCUT2D eigenvalue weighted by Gasteiger charge is 2.71. The Balaban J connectivity index is 2.04. The molecule has 1 heterocycles. The van der Waals surface area contributed by atoms with E-state index in [0.29, 0.717) is 22.4 Å². The summed E-state index contributed by atoms with van der Waals surface area (Å²) in [6, 6.07) is 12.4. The summed E-state index contributed by atoms with van der Waals surface area (Å²) in [7, 11) is 0. The average Bonchev–Trinajstić information content (AvgIpc) is 2.99. The molecule has 0 saturated heterocycles. The second-order valence-corrected chi connectivity index (χ2v) is 7.94. The molecule has 0 radical (unpaired) electrons. The molecule has 2 aromatic carbocycles. The van der Waals surface area contributed by atoms with E-state index in [-0.39, 0.29) is 5.92 Å². The van der Waals surface area contributed by atoms with Gasteiger partial charge >= 0.3 is 11.9 Å². The summed E-state index contributed by atoms with van der Waals surface area (Å²) in [5.74, 6) is -1.57. The molecule has 0 fully saturated rings. The molecular formula is C22H22O6. The fraction of sp³-hybridized carbons (Fsp3) is 0.364. The lowest BCUT2D eigenvalue weighted by atomic mass is 9.64. The standard InChI is InChI=1S/C22H22O6/c1-12(2)13-7-8-16-17(9-13)28-22(11-19(25)26)15-6-4-3-5-14(15)20(27)21(16,22)10-18(23)24/h3-9,12,20,27H,10-11H2,1-2H3,(H,23,24)(H,25,26). The molecule has 3 unspecified atom stereocenters. The molecular weight excluding hydrogens is 360 g/mol. The summed E-state index contributed by atoms with van der Waals surface area (Å²) >= 11 is 0. The molecule has 0 saturated carbocycles. The number of ether oxygens (including phenoxy) is 1. The van der Waals surface area contributed by atoms with Crippen LogP contribution in [0.25, 0.3) is 0 Å². The summed E-state index contributed by atoms with van der Waals surface area (Å²) in [6.45, 7) is 4.06. The smallest absolute Gasteiger partial charge is 0.307 e. The molecule has 4 rings (SSSR count). The maximum absolute atomic E-state index is 11.9. The maximum atomic E-state index is 11.9. The van der Waals surface area contributed by atoms with Crippen molar-refractivity contribution in [1.82, 2.24) is 0 Å². The molecule has 0 amide bonds. The van der Waals surface area contributed by atoms with Crippen molar-refractivity contribution in [1.29, 1.82) is 0 Å². The Kier molecular flexibility index (Phi) is 4.01. The van der Waals surface area contributed by atoms with Gasteiger partial charge in [-0.3, -0.25) is 9.59 Å². The van der Waals surface area contributed by atoms with Crippen molar-refractivity contribution >= 4 is 11.9 Å². The number of aliphatic hydroxyl groups excluding tert-OH is 1. The molecule has 1 aliphatic carbocycles. The fourth-order valence-electron chi connectivity index (χ4n) is 4.95. The first-order valence-corrected chi connectivity index (χ1v) is 9.27. The molecule has 0 aromatic heterocycles. The zero-order valence-electron chi connectivity index (χ0n) is 15.7. The van der Waals surface area contributed by atoms with E-state index in [2.05, 4.69) is 0 Å². The summed E-state index contributed by atoms with van der Waals surface area (Å²) in [6.07, 6.45) is -2.07. The van der Waals surface area contributed by atoms with Gasteiger partial charge in [0.2, 0.25) is 0 Å². The van der Waals surface area contributed by atoms with Crippen molar-refractivity contribution in [3.05, 3.63) is 64.7 Å². The van der Waals surface area contributed by atoms with Crippen LogP contribution in [0.5, 0.6) is 5.75 Å². The lowest BCUT2D eigenvalue weighted by Crippen LogP contribution is -2.50. The number of aliphatic carboxylic acids is 2. The van der Waals surface area contributed by atoms with Crippen LogP contribution in [0.2, 0.25) is 0 Å². The monoisotopic (exact) mass is 382 g/mol. The largest absolute Gasteiger partial charge is 0.481 e. The number of hydrogen-bond donors (Lipinski definition) is 3. The van der Waals surface area contributed by atoms with Gasteiger partial charge in [-0.25, -0.2) is 0 Å². The van der Waals surface area contributed by atoms with Crippen LogP contribution in [0.1, 0.15) is 61.0 Å². The van der Waals surface area contributed by atoms with Crippen LogP contribution in [0.4, 0.5) is 0 Å². The van der Waals surface area contributed by atoms with E-state index in [9.17, 15) is 24.9 Å². The van der Waals surface area contributed by atoms with Crippen LogP contribution in [0.15, 0.2) is 42.5 Å². The Bertz CT molecular complexity index is 981. The number of rotatable bonds is 5. The minimum atomic E-state index is -1.48. The Hall–Kier alpha value is -2.86. The molecule has 2 aromatic rings. The first-order valence-electron chi connectivity index (χ1n) is 9.27. The molecule has 146 valence electrons. The number of hydrogen-bond acceptors (Lipinski definition) is 4. The van der Waals surface area contributed by atoms with Crippen LogP contribution < -0.4 is 4.74 Å². The van der Waals surface area contributed by atoms with Gasteiger partial charge < -0.3 is 20.1 Å². The van der Waals surface area contributed by atoms with Gasteiger partial charge in [-0.2, -0.15) is 0 Å². The zero-order valence-corrected chi connectivity index (χ0v) is 15.7. The lowest BCUT2D eigenvalue weighted by Gasteiger charge is -2.39. The van der Waals surface area contributed by atoms with Crippen LogP contribution in [-0.2, 0) is 20.6 Å². The molecule has 0 bridgehead atoms. The van der Waals surface area contributed by atoms with E-state index in [0.717, 1.165) is 5.56 Å². The number of carboxylic acids is 2. The number of carboxylic acid groups (broad SMARTS) is 2. The highest BCUT2D eigenvalue weighted by Crippen LogP contribution is 2.68. The van der Waals surface area contributed by atoms with Crippen LogP contribution in [0.3, 0.4) is 0 Å². The SMILES string of the molecule is CC(C)c1ccc2c(c1)OC1(CC(=O)O)c3ccccc3C(O)C21CC(=O)O. The molecule has 1 aliphatic heterocycles. The number of aliphatic hydroxyl groups is 1. The van der Waals surface area contributed by atoms with Crippen molar-refractivity contribution in [2.45, 2.75) is 49.7 Å². The van der Waals surface area contributed by atoms with Gasteiger partial charge in [0, 0.05) is 11.1 Å². The quantitative estimate of drug-likeness (QED) is 0.733. The highest BCUT2D eigenvalue weighted by atomic mass is 16.5. The van der Waals surface area contributed by atoms with E-state index < -0.39 is 41.9 Å². The van der Waals surface area contributed by atoms with Gasteiger partial charge in [-0.05, 0) is 23.1 Å². The molecule has 3 atom stereocenters. The number of benzene rings is 2. The van der Waals surface area contributed by atoms with Gasteiger partial charge in [0.15, 0.2) is 5.60 Å². The summed E-state index contributed by atoms with van der Waals surface area (Å²) in [4.78, 5) is 23.7. The van der Waals surface area contributed by atoms with Crippen LogP contribution in [0, 0.1) is 0 Å². The van der Waals surface area contributed by atoms with Crippen molar-refractivity contribution in [2.24, 2.45) is 0 Å². The molecule has 2 aliphatic rings. The molecule has 0 spiro atoms. The molecule has 6 nitrogen and oxygen atoms in total. The van der Waals surface area contributed by atoms with Gasteiger partial charge in [0.1, 0.15) is 5.75 Å². The fourth-order valence-corrected chi connectivity index (χ4v) is 4.95. The summed E-state index contributed by atoms with van der Waals surface area (Å²) in [5, 5.41) is 30.7. The van der Waals surface area contributed by atoms with E-state index in [4.69, 9.17) is 4.74 Å². The Morgan fingerprint density at radius 2 is 1.71 bits per heavy atom. The van der Waals surface area contributed by atoms with Crippen molar-refractivity contribution in [3.8, 4) is 5.75 Å². The second kappa shape index (κ2) is 6.07. The first-order chi connectivity index (χ1) is 13.2. The van der Waals surface area contributed by atoms with Gasteiger partial charge in [-0.1, -0.05) is 50.2 Å². The summed E-state index contributed by atoms with van der Waals surface area (Å²) in [5.41, 5.74) is -0.296. The summed E-state index contributed by atoms with van der Waals surface area (Å²) < 4.78 is 6.32. The van der Waals surface area contributed by atoms with E-state index >= 15 is 0 Å². The van der Waals surface area contributed by atoms with E-state index in [1.54, 1.807) is 30.3 Å². The highest BCUT2D eigenvalue weighted by molar-refractivity contribution is 5.77. The first kappa shape index (κ1) is 18.5. The Morgan fingerprint density at radius 1 is 1.04 bits per heavy atom. The van der Waals surface area contributed by atoms with Gasteiger partial charge in [0.25, 0.3) is 0 Å². The van der Waals surface area contributed by atoms with E-state index in [1.807, 2.05) is 26.0 Å². The topological polar surface area (TPSA) is 104 Å². The number of carbonyl (C=O) groups is 2. The van der Waals surface area contributed by atoms with Gasteiger partial charge in [-0.15, -0.1) is 0 Å². The third-order valence-corrected chi connectivity index (χ3v) is 6.15. The number of fused-ring (bicyclic) bond motifs is 5. The lowest BCUT2D eigenvalue weighted by molar-refractivity contribution is -0.151. The average molecular weight is 382 g/mol. The maximum Gasteiger partial charge on any atom is 0.307 e. The Labute approximate surface area is 162 Å². The van der Waals surface area contributed by atoms with Crippen LogP contribution >= 0.6 is 0 Å². The third-order valence-electron chi connectivity index (χ3n) is 6.15. The second-order valence-electron chi connectivity index (χ2n) is 7.94. The molecule has 3 N–H and O–H groups in total. The van der Waals surface area contributed by atoms with Crippen molar-refractivity contribution in [3.63, 3.8) is 0 Å². The minimum Gasteiger partial charge on any atom is -0.481 e. The predicted molar refractivity (Wildman–Crippen MR) is 100 cm³/mol.